The third-order valence-electron chi connectivity index (χ3n) is 5.27. The van der Waals surface area contributed by atoms with E-state index in [1.165, 1.54) is 11.1 Å². The Kier molecular flexibility index (Phi) is 6.56. The summed E-state index contributed by atoms with van der Waals surface area (Å²) in [7, 11) is 1.76. The molecule has 1 fully saturated rings. The van der Waals surface area contributed by atoms with E-state index in [4.69, 9.17) is 0 Å². The van der Waals surface area contributed by atoms with E-state index in [1.54, 1.807) is 24.4 Å². The Morgan fingerprint density at radius 2 is 1.84 bits per heavy atom. The van der Waals surface area contributed by atoms with Gasteiger partial charge < -0.3 is 15.5 Å². The molecule has 1 aliphatic heterocycles. The fraction of sp³-hybridized carbons (Fsp3) is 0.304. The maximum atomic E-state index is 11.9. The molecule has 2 heterocycles. The molecular weight excluding hydrogens is 390 g/mol. The lowest BCUT2D eigenvalue weighted by Crippen LogP contribution is -2.36. The van der Waals surface area contributed by atoms with E-state index in [0.29, 0.717) is 26.1 Å². The number of anilines is 1. The third kappa shape index (κ3) is 5.48. The van der Waals surface area contributed by atoms with E-state index in [2.05, 4.69) is 56.0 Å². The number of nitrogens with one attached hydrogen (secondary N) is 2. The molecule has 160 valence electrons. The van der Waals surface area contributed by atoms with Gasteiger partial charge in [-0.05, 0) is 35.2 Å². The van der Waals surface area contributed by atoms with Crippen LogP contribution in [0.4, 0.5) is 5.69 Å². The van der Waals surface area contributed by atoms with Crippen LogP contribution in [0.15, 0.2) is 66.2 Å². The van der Waals surface area contributed by atoms with Gasteiger partial charge in [0.05, 0.1) is 6.54 Å². The summed E-state index contributed by atoms with van der Waals surface area (Å²) >= 11 is 0. The molecule has 1 saturated heterocycles. The fourth-order valence-corrected chi connectivity index (χ4v) is 3.65. The number of carbonyl (C=O) groups excluding carboxylic acids is 1. The van der Waals surface area contributed by atoms with Crippen molar-refractivity contribution in [2.45, 2.75) is 32.5 Å². The minimum atomic E-state index is 0.209. The molecule has 31 heavy (non-hydrogen) atoms. The molecule has 0 atom stereocenters. The van der Waals surface area contributed by atoms with Crippen LogP contribution < -0.4 is 15.5 Å². The van der Waals surface area contributed by atoms with Gasteiger partial charge >= 0.3 is 0 Å². The van der Waals surface area contributed by atoms with E-state index in [1.807, 2.05) is 23.1 Å². The number of carbonyl (C=O) groups is 1. The lowest BCUT2D eigenvalue weighted by Gasteiger charge is -2.16. The zero-order chi connectivity index (χ0) is 21.5. The Morgan fingerprint density at radius 3 is 2.52 bits per heavy atom. The minimum Gasteiger partial charge on any atom is -0.352 e. The van der Waals surface area contributed by atoms with Gasteiger partial charge in [-0.2, -0.15) is 5.10 Å². The van der Waals surface area contributed by atoms with Crippen LogP contribution in [-0.4, -0.2) is 40.2 Å². The zero-order valence-electron chi connectivity index (χ0n) is 17.7. The summed E-state index contributed by atoms with van der Waals surface area (Å²) in [5.74, 6) is 0.946. The zero-order valence-corrected chi connectivity index (χ0v) is 17.7. The van der Waals surface area contributed by atoms with Gasteiger partial charge in [-0.15, -0.1) is 0 Å². The van der Waals surface area contributed by atoms with Gasteiger partial charge in [0.15, 0.2) is 5.96 Å². The second kappa shape index (κ2) is 9.88. The first-order chi connectivity index (χ1) is 15.2. The molecule has 3 aromatic rings. The number of amides is 1. The minimum absolute atomic E-state index is 0.209. The second-order valence-corrected chi connectivity index (χ2v) is 7.51. The predicted molar refractivity (Wildman–Crippen MR) is 121 cm³/mol. The lowest BCUT2D eigenvalue weighted by atomic mass is 10.1. The molecule has 4 rings (SSSR count). The summed E-state index contributed by atoms with van der Waals surface area (Å²) < 4.78 is 1.80. The normalized spacial score (nSPS) is 14.2. The fourth-order valence-electron chi connectivity index (χ4n) is 3.65. The van der Waals surface area contributed by atoms with Gasteiger partial charge in [0, 0.05) is 38.8 Å². The highest BCUT2D eigenvalue weighted by Gasteiger charge is 2.21. The van der Waals surface area contributed by atoms with Gasteiger partial charge in [-0.25, -0.2) is 9.67 Å². The number of guanidine groups is 1. The molecule has 1 aliphatic rings. The average Bonchev–Trinajstić information content (AvgIpc) is 3.46. The molecule has 8 heteroatoms. The van der Waals surface area contributed by atoms with Gasteiger partial charge in [0.25, 0.3) is 0 Å². The first kappa shape index (κ1) is 20.6. The Balaban J connectivity index is 1.28. The summed E-state index contributed by atoms with van der Waals surface area (Å²) in [6, 6.07) is 16.5. The summed E-state index contributed by atoms with van der Waals surface area (Å²) in [5, 5.41) is 10.9. The molecule has 1 amide bonds. The second-order valence-electron chi connectivity index (χ2n) is 7.51. The Bertz CT molecular complexity index is 1030. The molecule has 2 aromatic carbocycles. The first-order valence-corrected chi connectivity index (χ1v) is 10.5. The van der Waals surface area contributed by atoms with E-state index in [9.17, 15) is 4.79 Å². The van der Waals surface area contributed by atoms with Gasteiger partial charge in [-0.1, -0.05) is 36.4 Å². The van der Waals surface area contributed by atoms with Crippen LogP contribution in [-0.2, 0) is 24.4 Å². The number of aromatic nitrogens is 3. The topological polar surface area (TPSA) is 87.4 Å². The number of nitrogens with zero attached hydrogens (tertiary/aromatic N) is 5. The van der Waals surface area contributed by atoms with Gasteiger partial charge in [0.2, 0.25) is 5.91 Å². The van der Waals surface area contributed by atoms with Gasteiger partial charge in [-0.3, -0.25) is 9.79 Å². The lowest BCUT2D eigenvalue weighted by molar-refractivity contribution is -0.117. The molecule has 0 unspecified atom stereocenters. The number of benzene rings is 2. The SMILES string of the molecule is CN=C(NCc1ccc(N2CCCC2=O)cc1)NCc1cccc(Cn2cncn2)c1. The number of hydrogen-bond donors (Lipinski definition) is 2. The molecule has 2 N–H and O–H groups in total. The maximum absolute atomic E-state index is 11.9. The molecule has 1 aromatic heterocycles. The third-order valence-corrected chi connectivity index (χ3v) is 5.27. The summed E-state index contributed by atoms with van der Waals surface area (Å²) in [6.07, 6.45) is 4.84. The van der Waals surface area contributed by atoms with Crippen molar-refractivity contribution in [1.82, 2.24) is 25.4 Å². The maximum Gasteiger partial charge on any atom is 0.227 e. The quantitative estimate of drug-likeness (QED) is 0.455. The highest BCUT2D eigenvalue weighted by Crippen LogP contribution is 2.21. The Hall–Kier alpha value is -3.68. The molecule has 0 spiro atoms. The average molecular weight is 418 g/mol. The van der Waals surface area contributed by atoms with Crippen molar-refractivity contribution >= 4 is 17.6 Å². The van der Waals surface area contributed by atoms with Crippen LogP contribution in [0.2, 0.25) is 0 Å². The number of rotatable bonds is 7. The van der Waals surface area contributed by atoms with Crippen molar-refractivity contribution in [3.63, 3.8) is 0 Å². The largest absolute Gasteiger partial charge is 0.352 e. The summed E-state index contributed by atoms with van der Waals surface area (Å²) in [6.45, 7) is 2.83. The number of hydrogen-bond acceptors (Lipinski definition) is 4. The van der Waals surface area contributed by atoms with Crippen LogP contribution in [0.1, 0.15) is 29.5 Å². The molecule has 0 saturated carbocycles. The molecule has 0 radical (unpaired) electrons. The van der Waals surface area contributed by atoms with E-state index in [0.717, 1.165) is 30.2 Å². The van der Waals surface area contributed by atoms with Crippen LogP contribution >= 0.6 is 0 Å². The van der Waals surface area contributed by atoms with Gasteiger partial charge in [0.1, 0.15) is 12.7 Å². The van der Waals surface area contributed by atoms with Crippen molar-refractivity contribution in [2.75, 3.05) is 18.5 Å². The van der Waals surface area contributed by atoms with Crippen molar-refractivity contribution < 1.29 is 4.79 Å². The summed E-state index contributed by atoms with van der Waals surface area (Å²) in [4.78, 5) is 22.0. The highest BCUT2D eigenvalue weighted by molar-refractivity contribution is 5.95. The van der Waals surface area contributed by atoms with E-state index < -0.39 is 0 Å². The van der Waals surface area contributed by atoms with Crippen molar-refractivity contribution in [2.24, 2.45) is 4.99 Å². The molecule has 0 aliphatic carbocycles. The standard InChI is InChI=1S/C23H27N7O/c1-24-23(26-13-18-7-9-21(10-8-18)30-11-3-6-22(30)31)27-14-19-4-2-5-20(12-19)15-29-17-25-16-28-29/h2,4-5,7-10,12,16-17H,3,6,11,13-15H2,1H3,(H2,24,26,27). The summed E-state index contributed by atoms with van der Waals surface area (Å²) in [5.41, 5.74) is 4.44. The van der Waals surface area contributed by atoms with Crippen molar-refractivity contribution in [1.29, 1.82) is 0 Å². The predicted octanol–water partition coefficient (Wildman–Crippen LogP) is 2.32. The smallest absolute Gasteiger partial charge is 0.227 e. The van der Waals surface area contributed by atoms with Crippen LogP contribution in [0.5, 0.6) is 0 Å². The Labute approximate surface area is 182 Å². The molecular formula is C23H27N7O. The van der Waals surface area contributed by atoms with Crippen LogP contribution in [0.25, 0.3) is 0 Å². The number of aliphatic imine (C=N–C) groups is 1. The first-order valence-electron chi connectivity index (χ1n) is 10.5. The van der Waals surface area contributed by atoms with E-state index >= 15 is 0 Å². The van der Waals surface area contributed by atoms with Crippen molar-refractivity contribution in [3.05, 3.63) is 77.9 Å². The monoisotopic (exact) mass is 417 g/mol. The highest BCUT2D eigenvalue weighted by atomic mass is 16.2. The van der Waals surface area contributed by atoms with Crippen molar-refractivity contribution in [3.8, 4) is 0 Å². The van der Waals surface area contributed by atoms with Crippen LogP contribution in [0.3, 0.4) is 0 Å². The van der Waals surface area contributed by atoms with Crippen LogP contribution in [0, 0.1) is 0 Å². The Morgan fingerprint density at radius 1 is 1.06 bits per heavy atom. The molecule has 8 nitrogen and oxygen atoms in total. The molecule has 0 bridgehead atoms. The van der Waals surface area contributed by atoms with E-state index in [-0.39, 0.29) is 5.91 Å².